The molecule has 0 radical (unpaired) electrons. The number of amides is 1. The van der Waals surface area contributed by atoms with Crippen molar-refractivity contribution < 1.29 is 14.8 Å². The van der Waals surface area contributed by atoms with Crippen LogP contribution in [0.5, 0.6) is 0 Å². The Morgan fingerprint density at radius 3 is 2.67 bits per heavy atom. The highest BCUT2D eigenvalue weighted by atomic mass is 35.5. The van der Waals surface area contributed by atoms with E-state index < -0.39 is 11.0 Å². The minimum Gasteiger partial charge on any atom is -0.465 e. The highest BCUT2D eigenvalue weighted by Gasteiger charge is 2.14. The number of benzene rings is 1. The fourth-order valence-corrected chi connectivity index (χ4v) is 1.41. The summed E-state index contributed by atoms with van der Waals surface area (Å²) < 4.78 is 0. The van der Waals surface area contributed by atoms with Gasteiger partial charge in [-0.15, -0.1) is 0 Å². The topological polar surface area (TPSA) is 95.7 Å². The molecule has 0 aliphatic rings. The van der Waals surface area contributed by atoms with Gasteiger partial charge in [0, 0.05) is 19.2 Å². The smallest absolute Gasteiger partial charge is 0.413 e. The Hall–Kier alpha value is -1.93. The number of halogens is 1. The number of nitro benzene ring substituents is 1. The Morgan fingerprint density at radius 1 is 1.61 bits per heavy atom. The van der Waals surface area contributed by atoms with Gasteiger partial charge in [0.05, 0.1) is 15.6 Å². The van der Waals surface area contributed by atoms with Gasteiger partial charge < -0.3 is 10.4 Å². The largest absolute Gasteiger partial charge is 0.465 e. The SMILES string of the molecule is CN(C(=O)O)C(=S)Nc1ccc([N+](=O)[O-])cc1Cl. The first-order valence-electron chi connectivity index (χ1n) is 4.54. The number of carboxylic acid groups (broad SMARTS) is 1. The molecule has 0 fully saturated rings. The van der Waals surface area contributed by atoms with E-state index in [1.54, 1.807) is 0 Å². The van der Waals surface area contributed by atoms with Crippen LogP contribution in [0.2, 0.25) is 5.02 Å². The van der Waals surface area contributed by atoms with Crippen LogP contribution in [-0.2, 0) is 0 Å². The lowest BCUT2D eigenvalue weighted by Gasteiger charge is -2.16. The highest BCUT2D eigenvalue weighted by Crippen LogP contribution is 2.26. The van der Waals surface area contributed by atoms with Gasteiger partial charge in [-0.3, -0.25) is 15.0 Å². The monoisotopic (exact) mass is 289 g/mol. The third-order valence-electron chi connectivity index (χ3n) is 2.00. The zero-order chi connectivity index (χ0) is 13.9. The van der Waals surface area contributed by atoms with E-state index in [0.29, 0.717) is 5.69 Å². The zero-order valence-electron chi connectivity index (χ0n) is 9.08. The van der Waals surface area contributed by atoms with Crippen molar-refractivity contribution in [2.75, 3.05) is 12.4 Å². The predicted octanol–water partition coefficient (Wildman–Crippen LogP) is 2.55. The summed E-state index contributed by atoms with van der Waals surface area (Å²) in [6.07, 6.45) is -1.23. The second-order valence-electron chi connectivity index (χ2n) is 3.19. The molecule has 0 spiro atoms. The average Bonchev–Trinajstić information content (AvgIpc) is 2.30. The Kier molecular flexibility index (Phi) is 4.40. The normalized spacial score (nSPS) is 9.67. The van der Waals surface area contributed by atoms with Crippen molar-refractivity contribution in [1.29, 1.82) is 0 Å². The van der Waals surface area contributed by atoms with E-state index in [4.69, 9.17) is 28.9 Å². The lowest BCUT2D eigenvalue weighted by atomic mass is 10.3. The molecule has 0 aliphatic heterocycles. The molecule has 1 aromatic carbocycles. The summed E-state index contributed by atoms with van der Waals surface area (Å²) in [5.41, 5.74) is 0.128. The lowest BCUT2D eigenvalue weighted by Crippen LogP contribution is -2.35. The molecule has 0 unspecified atom stereocenters. The van der Waals surface area contributed by atoms with E-state index in [1.165, 1.54) is 19.2 Å². The molecule has 0 saturated heterocycles. The van der Waals surface area contributed by atoms with Crippen molar-refractivity contribution in [2.45, 2.75) is 0 Å². The number of rotatable bonds is 2. The first-order chi connectivity index (χ1) is 8.32. The van der Waals surface area contributed by atoms with Crippen molar-refractivity contribution in [2.24, 2.45) is 0 Å². The first kappa shape index (κ1) is 14.1. The maximum Gasteiger partial charge on any atom is 0.413 e. The minimum atomic E-state index is -1.23. The molecule has 1 aromatic rings. The first-order valence-corrected chi connectivity index (χ1v) is 5.33. The van der Waals surface area contributed by atoms with Gasteiger partial charge in [-0.25, -0.2) is 4.79 Å². The van der Waals surface area contributed by atoms with Crippen LogP contribution < -0.4 is 5.32 Å². The van der Waals surface area contributed by atoms with Crippen LogP contribution in [-0.4, -0.2) is 33.2 Å². The number of carbonyl (C=O) groups is 1. The molecule has 0 aromatic heterocycles. The Morgan fingerprint density at radius 2 is 2.22 bits per heavy atom. The Balaban J connectivity index is 2.89. The van der Waals surface area contributed by atoms with Gasteiger partial charge in [-0.1, -0.05) is 11.6 Å². The van der Waals surface area contributed by atoms with Crippen molar-refractivity contribution in [3.8, 4) is 0 Å². The molecule has 1 rings (SSSR count). The van der Waals surface area contributed by atoms with Crippen LogP contribution in [0.1, 0.15) is 0 Å². The second-order valence-corrected chi connectivity index (χ2v) is 3.99. The van der Waals surface area contributed by atoms with E-state index in [0.717, 1.165) is 11.0 Å². The van der Waals surface area contributed by atoms with Crippen LogP contribution in [0.15, 0.2) is 18.2 Å². The van der Waals surface area contributed by atoms with Crippen LogP contribution in [0.25, 0.3) is 0 Å². The summed E-state index contributed by atoms with van der Waals surface area (Å²) in [7, 11) is 1.26. The summed E-state index contributed by atoms with van der Waals surface area (Å²) >= 11 is 10.6. The average molecular weight is 290 g/mol. The van der Waals surface area contributed by atoms with Crippen LogP contribution in [0.4, 0.5) is 16.2 Å². The summed E-state index contributed by atoms with van der Waals surface area (Å²) in [5, 5.41) is 21.8. The number of nitrogens with zero attached hydrogens (tertiary/aromatic N) is 2. The third-order valence-corrected chi connectivity index (χ3v) is 2.69. The highest BCUT2D eigenvalue weighted by molar-refractivity contribution is 7.80. The molecular formula is C9H8ClN3O4S. The van der Waals surface area contributed by atoms with Gasteiger partial charge in [0.25, 0.3) is 5.69 Å². The Labute approximate surface area is 112 Å². The van der Waals surface area contributed by atoms with Gasteiger partial charge in [0.1, 0.15) is 0 Å². The second kappa shape index (κ2) is 5.61. The molecule has 0 atom stereocenters. The van der Waals surface area contributed by atoms with Crippen LogP contribution in [0, 0.1) is 10.1 Å². The molecule has 7 nitrogen and oxygen atoms in total. The maximum atomic E-state index is 10.6. The zero-order valence-corrected chi connectivity index (χ0v) is 10.7. The van der Waals surface area contributed by atoms with E-state index >= 15 is 0 Å². The summed E-state index contributed by atoms with van der Waals surface area (Å²) in [5.74, 6) is 0. The molecule has 0 heterocycles. The number of nitro groups is 1. The minimum absolute atomic E-state index is 0.0744. The van der Waals surface area contributed by atoms with Crippen molar-refractivity contribution in [3.05, 3.63) is 33.3 Å². The standard InChI is InChI=1S/C9H8ClN3O4S/c1-12(9(14)15)8(18)11-7-3-2-5(13(16)17)4-6(7)10/h2-4H,1H3,(H,11,18)(H,14,15). The molecule has 9 heteroatoms. The van der Waals surface area contributed by atoms with Crippen LogP contribution >= 0.6 is 23.8 Å². The Bertz CT molecular complexity index is 523. The van der Waals surface area contributed by atoms with E-state index in [9.17, 15) is 14.9 Å². The molecule has 0 aliphatic carbocycles. The summed E-state index contributed by atoms with van der Waals surface area (Å²) in [6, 6.07) is 3.73. The number of non-ortho nitro benzene ring substituents is 1. The number of anilines is 1. The van der Waals surface area contributed by atoms with E-state index in [2.05, 4.69) is 5.32 Å². The van der Waals surface area contributed by atoms with Gasteiger partial charge in [-0.2, -0.15) is 0 Å². The van der Waals surface area contributed by atoms with Gasteiger partial charge >= 0.3 is 6.09 Å². The maximum absolute atomic E-state index is 10.6. The van der Waals surface area contributed by atoms with Gasteiger partial charge in [0.15, 0.2) is 5.11 Å². The van der Waals surface area contributed by atoms with E-state index in [1.807, 2.05) is 0 Å². The summed E-state index contributed by atoms with van der Waals surface area (Å²) in [4.78, 5) is 21.3. The lowest BCUT2D eigenvalue weighted by molar-refractivity contribution is -0.384. The quantitative estimate of drug-likeness (QED) is 0.493. The molecule has 1 amide bonds. The predicted molar refractivity (Wildman–Crippen MR) is 70.1 cm³/mol. The molecular weight excluding hydrogens is 282 g/mol. The third kappa shape index (κ3) is 3.28. The summed E-state index contributed by atoms with van der Waals surface area (Å²) in [6.45, 7) is 0. The number of nitrogens with one attached hydrogen (secondary N) is 1. The molecule has 96 valence electrons. The van der Waals surface area contributed by atoms with E-state index in [-0.39, 0.29) is 15.8 Å². The molecule has 0 saturated carbocycles. The van der Waals surface area contributed by atoms with Crippen molar-refractivity contribution in [1.82, 2.24) is 4.90 Å². The fourth-order valence-electron chi connectivity index (χ4n) is 1.00. The fraction of sp³-hybridized carbons (Fsp3) is 0.111. The number of thiocarbonyl (C=S) groups is 1. The molecule has 18 heavy (non-hydrogen) atoms. The van der Waals surface area contributed by atoms with Crippen molar-refractivity contribution >= 4 is 46.4 Å². The molecule has 0 bridgehead atoms. The number of hydrogen-bond donors (Lipinski definition) is 2. The van der Waals surface area contributed by atoms with Crippen molar-refractivity contribution in [3.63, 3.8) is 0 Å². The molecule has 2 N–H and O–H groups in total. The van der Waals surface area contributed by atoms with Gasteiger partial charge in [-0.05, 0) is 18.3 Å². The number of hydrogen-bond acceptors (Lipinski definition) is 4. The van der Waals surface area contributed by atoms with Gasteiger partial charge in [0.2, 0.25) is 0 Å². The van der Waals surface area contributed by atoms with Crippen LogP contribution in [0.3, 0.4) is 0 Å².